The Labute approximate surface area is 106 Å². The van der Waals surface area contributed by atoms with Crippen LogP contribution in [0.4, 0.5) is 13.2 Å². The average Bonchev–Trinajstić information content (AvgIpc) is 2.28. The summed E-state index contributed by atoms with van der Waals surface area (Å²) in [5.41, 5.74) is 0. The van der Waals surface area contributed by atoms with Crippen LogP contribution in [0.1, 0.15) is 38.5 Å². The molecule has 0 saturated heterocycles. The maximum atomic E-state index is 12.6. The summed E-state index contributed by atoms with van der Waals surface area (Å²) in [6.07, 6.45) is -1.64. The van der Waals surface area contributed by atoms with Gasteiger partial charge in [0.1, 0.15) is 0 Å². The molecular weight excluding hydrogens is 245 g/mol. The first-order chi connectivity index (χ1) is 8.43. The van der Waals surface area contributed by atoms with Crippen molar-refractivity contribution >= 4 is 5.91 Å². The van der Waals surface area contributed by atoms with Gasteiger partial charge in [-0.15, -0.1) is 0 Å². The largest absolute Gasteiger partial charge is 0.391 e. The third kappa shape index (κ3) is 5.25. The van der Waals surface area contributed by atoms with Crippen molar-refractivity contribution in [2.75, 3.05) is 13.6 Å². The van der Waals surface area contributed by atoms with Gasteiger partial charge in [0.15, 0.2) is 0 Å². The van der Waals surface area contributed by atoms with Gasteiger partial charge in [-0.25, -0.2) is 0 Å². The Morgan fingerprint density at radius 2 is 2.06 bits per heavy atom. The van der Waals surface area contributed by atoms with Crippen LogP contribution in [0.2, 0.25) is 0 Å². The monoisotopic (exact) mass is 266 g/mol. The van der Waals surface area contributed by atoms with E-state index >= 15 is 0 Å². The molecule has 1 amide bonds. The van der Waals surface area contributed by atoms with Gasteiger partial charge in [-0.3, -0.25) is 4.79 Å². The highest BCUT2D eigenvalue weighted by Gasteiger charge is 2.42. The molecule has 0 aromatic rings. The van der Waals surface area contributed by atoms with E-state index in [1.54, 1.807) is 7.05 Å². The molecule has 1 aliphatic rings. The number of nitrogens with one attached hydrogen (secondary N) is 2. The highest BCUT2D eigenvalue weighted by Crippen LogP contribution is 2.37. The molecule has 2 unspecified atom stereocenters. The minimum Gasteiger partial charge on any atom is -0.353 e. The van der Waals surface area contributed by atoms with Crippen LogP contribution in [-0.2, 0) is 4.79 Å². The molecule has 0 aromatic heterocycles. The molecule has 3 nitrogen and oxygen atoms in total. The van der Waals surface area contributed by atoms with Crippen molar-refractivity contribution in [2.24, 2.45) is 5.92 Å². The third-order valence-corrected chi connectivity index (χ3v) is 3.33. The van der Waals surface area contributed by atoms with Crippen LogP contribution in [0.3, 0.4) is 0 Å². The summed E-state index contributed by atoms with van der Waals surface area (Å²) < 4.78 is 37.7. The first-order valence-electron chi connectivity index (χ1n) is 6.44. The Morgan fingerprint density at radius 3 is 2.67 bits per heavy atom. The van der Waals surface area contributed by atoms with E-state index in [9.17, 15) is 18.0 Å². The maximum absolute atomic E-state index is 12.6. The van der Waals surface area contributed by atoms with Crippen molar-refractivity contribution < 1.29 is 18.0 Å². The maximum Gasteiger partial charge on any atom is 0.391 e. The minimum absolute atomic E-state index is 0.0290. The molecule has 0 aliphatic heterocycles. The second kappa shape index (κ2) is 6.97. The van der Waals surface area contributed by atoms with Crippen molar-refractivity contribution in [3.8, 4) is 0 Å². The van der Waals surface area contributed by atoms with Crippen molar-refractivity contribution in [2.45, 2.75) is 50.7 Å². The van der Waals surface area contributed by atoms with E-state index < -0.39 is 12.1 Å². The first kappa shape index (κ1) is 15.3. The quantitative estimate of drug-likeness (QED) is 0.749. The summed E-state index contributed by atoms with van der Waals surface area (Å²) in [5.74, 6) is -1.40. The van der Waals surface area contributed by atoms with Crippen LogP contribution < -0.4 is 10.6 Å². The number of carbonyl (C=O) groups excluding carboxylic acids is 1. The van der Waals surface area contributed by atoms with Gasteiger partial charge in [-0.2, -0.15) is 13.2 Å². The van der Waals surface area contributed by atoms with Crippen LogP contribution in [-0.4, -0.2) is 31.7 Å². The van der Waals surface area contributed by atoms with Crippen LogP contribution in [0, 0.1) is 5.92 Å². The Bertz CT molecular complexity index is 269. The summed E-state index contributed by atoms with van der Waals surface area (Å²) in [6, 6.07) is -0.313. The summed E-state index contributed by atoms with van der Waals surface area (Å²) in [5, 5.41) is 5.64. The topological polar surface area (TPSA) is 41.1 Å². The fourth-order valence-corrected chi connectivity index (χ4v) is 2.34. The van der Waals surface area contributed by atoms with Crippen molar-refractivity contribution in [1.29, 1.82) is 0 Å². The molecule has 6 heteroatoms. The Balaban J connectivity index is 2.31. The molecule has 1 saturated carbocycles. The third-order valence-electron chi connectivity index (χ3n) is 3.33. The van der Waals surface area contributed by atoms with Crippen LogP contribution >= 0.6 is 0 Å². The highest BCUT2D eigenvalue weighted by molar-refractivity contribution is 5.76. The molecule has 1 aliphatic carbocycles. The Kier molecular flexibility index (Phi) is 5.91. The standard InChI is InChI=1S/C12H21F3N2O/c1-16-7-3-6-11(18)17-10-5-2-4-9(8-10)12(13,14)15/h9-10,16H,2-8H2,1H3,(H,17,18). The van der Waals surface area contributed by atoms with E-state index in [4.69, 9.17) is 0 Å². The van der Waals surface area contributed by atoms with Gasteiger partial charge in [0.25, 0.3) is 0 Å². The average molecular weight is 266 g/mol. The first-order valence-corrected chi connectivity index (χ1v) is 6.44. The fraction of sp³-hybridized carbons (Fsp3) is 0.917. The smallest absolute Gasteiger partial charge is 0.353 e. The lowest BCUT2D eigenvalue weighted by Gasteiger charge is -2.31. The summed E-state index contributed by atoms with van der Waals surface area (Å²) in [6.45, 7) is 0.739. The van der Waals surface area contributed by atoms with Gasteiger partial charge in [0.2, 0.25) is 5.91 Å². The summed E-state index contributed by atoms with van der Waals surface area (Å²) in [7, 11) is 1.80. The number of halogens is 3. The zero-order valence-electron chi connectivity index (χ0n) is 10.6. The zero-order valence-corrected chi connectivity index (χ0v) is 10.6. The number of rotatable bonds is 5. The summed E-state index contributed by atoms with van der Waals surface area (Å²) in [4.78, 5) is 11.5. The number of hydrogen-bond donors (Lipinski definition) is 2. The second-order valence-corrected chi connectivity index (χ2v) is 4.88. The molecule has 2 atom stereocenters. The summed E-state index contributed by atoms with van der Waals surface area (Å²) >= 11 is 0. The van der Waals surface area contributed by atoms with Crippen molar-refractivity contribution in [3.05, 3.63) is 0 Å². The number of hydrogen-bond acceptors (Lipinski definition) is 2. The SMILES string of the molecule is CNCCCC(=O)NC1CCCC(C(F)(F)F)C1. The van der Waals surface area contributed by atoms with Crippen LogP contribution in [0.25, 0.3) is 0 Å². The Morgan fingerprint density at radius 1 is 1.33 bits per heavy atom. The van der Waals surface area contributed by atoms with E-state index in [-0.39, 0.29) is 24.8 Å². The minimum atomic E-state index is -4.13. The van der Waals surface area contributed by atoms with E-state index in [0.717, 1.165) is 6.54 Å². The Hall–Kier alpha value is -0.780. The molecular formula is C12H21F3N2O. The lowest BCUT2D eigenvalue weighted by molar-refractivity contribution is -0.184. The van der Waals surface area contributed by atoms with E-state index in [2.05, 4.69) is 10.6 Å². The van der Waals surface area contributed by atoms with Gasteiger partial charge in [0, 0.05) is 12.5 Å². The van der Waals surface area contributed by atoms with Gasteiger partial charge in [-0.1, -0.05) is 6.42 Å². The normalized spacial score (nSPS) is 24.9. The van der Waals surface area contributed by atoms with Crippen LogP contribution in [0.15, 0.2) is 0 Å². The molecule has 0 aromatic carbocycles. The number of amides is 1. The number of alkyl halides is 3. The molecule has 18 heavy (non-hydrogen) atoms. The van der Waals surface area contributed by atoms with Crippen molar-refractivity contribution in [3.63, 3.8) is 0 Å². The van der Waals surface area contributed by atoms with E-state index in [1.807, 2.05) is 0 Å². The van der Waals surface area contributed by atoms with Gasteiger partial charge in [-0.05, 0) is 39.3 Å². The number of carbonyl (C=O) groups is 1. The van der Waals surface area contributed by atoms with Crippen molar-refractivity contribution in [1.82, 2.24) is 10.6 Å². The predicted octanol–water partition coefficient (Wildman–Crippen LogP) is 2.22. The molecule has 2 N–H and O–H groups in total. The van der Waals surface area contributed by atoms with E-state index in [1.165, 1.54) is 0 Å². The fourth-order valence-electron chi connectivity index (χ4n) is 2.34. The lowest BCUT2D eigenvalue weighted by Crippen LogP contribution is -2.41. The molecule has 106 valence electrons. The lowest BCUT2D eigenvalue weighted by atomic mass is 9.85. The van der Waals surface area contributed by atoms with Gasteiger partial charge >= 0.3 is 6.18 Å². The zero-order chi connectivity index (χ0) is 13.6. The van der Waals surface area contributed by atoms with Gasteiger partial charge < -0.3 is 10.6 Å². The molecule has 0 heterocycles. The van der Waals surface area contributed by atoms with Gasteiger partial charge in [0.05, 0.1) is 5.92 Å². The predicted molar refractivity (Wildman–Crippen MR) is 63.1 cm³/mol. The molecule has 0 spiro atoms. The van der Waals surface area contributed by atoms with Crippen LogP contribution in [0.5, 0.6) is 0 Å². The second-order valence-electron chi connectivity index (χ2n) is 4.88. The molecule has 0 radical (unpaired) electrons. The highest BCUT2D eigenvalue weighted by atomic mass is 19.4. The van der Waals surface area contributed by atoms with E-state index in [0.29, 0.717) is 25.7 Å². The molecule has 1 rings (SSSR count). The molecule has 1 fully saturated rings. The molecule has 0 bridgehead atoms.